The Morgan fingerprint density at radius 1 is 0.771 bits per heavy atom. The minimum Gasteiger partial charge on any atom is -0.497 e. The highest BCUT2D eigenvalue weighted by atomic mass is 31.2. The molecule has 0 radical (unpaired) electrons. The summed E-state index contributed by atoms with van der Waals surface area (Å²) in [5.74, 6) is 1.71. The summed E-state index contributed by atoms with van der Waals surface area (Å²) in [5.41, 5.74) is 15.0. The van der Waals surface area contributed by atoms with E-state index in [9.17, 15) is 5.11 Å². The number of rotatable bonds is 19. The molecule has 2 unspecified atom stereocenters. The van der Waals surface area contributed by atoms with E-state index in [0.29, 0.717) is 40.4 Å². The van der Waals surface area contributed by atoms with Gasteiger partial charge in [0, 0.05) is 26.7 Å². The highest BCUT2D eigenvalue weighted by Gasteiger charge is 2.49. The molecule has 4 aromatic heterocycles. The van der Waals surface area contributed by atoms with Crippen LogP contribution in [0.1, 0.15) is 48.4 Å². The van der Waals surface area contributed by atoms with Crippen molar-refractivity contribution < 1.29 is 51.9 Å². The van der Waals surface area contributed by atoms with Gasteiger partial charge in [0.25, 0.3) is 0 Å². The Morgan fingerprint density at radius 2 is 1.39 bits per heavy atom. The summed E-state index contributed by atoms with van der Waals surface area (Å²) in [6, 6.07) is 25.2. The Balaban J connectivity index is 0.990. The quantitative estimate of drug-likeness (QED) is 0.0632. The third kappa shape index (κ3) is 9.18. The largest absolute Gasteiger partial charge is 0.497 e. The predicted molar refractivity (Wildman–Crippen MR) is 252 cm³/mol. The van der Waals surface area contributed by atoms with Crippen molar-refractivity contribution in [2.24, 2.45) is 0 Å². The van der Waals surface area contributed by atoms with Crippen molar-refractivity contribution in [1.29, 1.82) is 0 Å². The summed E-state index contributed by atoms with van der Waals surface area (Å²) >= 11 is 0. The molecule has 0 amide bonds. The number of nitrogens with two attached hydrogens (primary N) is 2. The zero-order chi connectivity index (χ0) is 48.4. The van der Waals surface area contributed by atoms with E-state index in [0.717, 1.165) is 29.5 Å². The molecule has 6 N–H and O–H groups in total. The van der Waals surface area contributed by atoms with E-state index in [1.54, 1.807) is 29.7 Å². The highest BCUT2D eigenvalue weighted by molar-refractivity contribution is 7.51. The van der Waals surface area contributed by atoms with Gasteiger partial charge in [-0.3, -0.25) is 18.2 Å². The normalized spacial score (nSPS) is 24.6. The Labute approximate surface area is 402 Å². The molecule has 3 aliphatic heterocycles. The first-order valence-electron chi connectivity index (χ1n) is 22.8. The van der Waals surface area contributed by atoms with Gasteiger partial charge in [-0.25, -0.2) is 39.6 Å². The first kappa shape index (κ1) is 47.5. The summed E-state index contributed by atoms with van der Waals surface area (Å²) in [6.07, 6.45) is 0.443. The lowest BCUT2D eigenvalue weighted by molar-refractivity contribution is -0.0924. The van der Waals surface area contributed by atoms with E-state index in [-0.39, 0.29) is 43.9 Å². The summed E-state index contributed by atoms with van der Waals surface area (Å²) in [5, 5.41) is 14.7. The van der Waals surface area contributed by atoms with Gasteiger partial charge in [-0.15, -0.1) is 0 Å². The van der Waals surface area contributed by atoms with Crippen LogP contribution in [0.25, 0.3) is 22.3 Å². The number of aliphatic hydroxyl groups excluding tert-OH is 1. The molecule has 3 aromatic carbocycles. The van der Waals surface area contributed by atoms with Gasteiger partial charge < -0.3 is 49.7 Å². The van der Waals surface area contributed by atoms with Gasteiger partial charge in [-0.2, -0.15) is 0 Å². The number of ether oxygens (including phenoxy) is 7. The molecule has 23 heteroatoms. The number of aromatic nitrogens is 8. The molecule has 0 aliphatic carbocycles. The van der Waals surface area contributed by atoms with E-state index < -0.39 is 56.3 Å². The molecule has 0 spiro atoms. The average Bonchev–Trinajstić information content (AvgIpc) is 4.26. The molecule has 3 aliphatic rings. The Hall–Kier alpha value is -6.17. The Bertz CT molecular complexity index is 2880. The van der Waals surface area contributed by atoms with Crippen LogP contribution in [-0.4, -0.2) is 128 Å². The molecule has 368 valence electrons. The highest BCUT2D eigenvalue weighted by Crippen LogP contribution is 2.51. The van der Waals surface area contributed by atoms with Gasteiger partial charge in [0.05, 0.1) is 46.2 Å². The molecule has 0 saturated carbocycles. The fourth-order valence-electron chi connectivity index (χ4n) is 9.37. The van der Waals surface area contributed by atoms with Gasteiger partial charge in [-0.1, -0.05) is 54.6 Å². The zero-order valence-corrected chi connectivity index (χ0v) is 39.5. The molecule has 9 atom stereocenters. The van der Waals surface area contributed by atoms with E-state index in [2.05, 4.69) is 35.0 Å². The standard InChI is InChI=1S/C47H54N11O11P/c1-61-31-15-11-29(12-16-31)47(28-8-5-4-6-9-28,30-13-17-32(62-2)18-14-30)65-22-35-34(20-37(67-35)57-26-54-38-42(48)50-24-52-44(38)57)69-70(60,56-21-33-10-7-19-64-33)66-23-36-40(59)41(63-3)46(68-36)58-27-55-39-43(49)51-25-53-45(39)58/h4-6,8-9,11-18,24-27,33-37,40-41,46,59H,7,10,19-23H2,1-3H3,(H,56,60)(H2,48,50,52)(H2,49,51,53)/t33?,34-,35+,36+,37+,40+,41+,46+,70?/m0/s1. The zero-order valence-electron chi connectivity index (χ0n) is 38.6. The minimum absolute atomic E-state index is 0.0990. The van der Waals surface area contributed by atoms with Gasteiger partial charge in [0.2, 0.25) is 0 Å². The molecule has 7 aromatic rings. The molecule has 22 nitrogen and oxygen atoms in total. The number of hydrogen-bond acceptors (Lipinski definition) is 19. The monoisotopic (exact) mass is 979 g/mol. The molecule has 10 rings (SSSR count). The fourth-order valence-corrected chi connectivity index (χ4v) is 10.9. The second-order valence-electron chi connectivity index (χ2n) is 17.0. The van der Waals surface area contributed by atoms with Crippen LogP contribution in [0.5, 0.6) is 11.5 Å². The van der Waals surface area contributed by atoms with E-state index in [1.165, 1.54) is 26.1 Å². The maximum Gasteiger partial charge on any atom is 0.406 e. The van der Waals surface area contributed by atoms with Crippen LogP contribution < -0.4 is 26.0 Å². The number of hydrogen-bond donors (Lipinski definition) is 4. The molecule has 3 saturated heterocycles. The number of nitrogens with one attached hydrogen (secondary N) is 1. The maximum absolute atomic E-state index is 15.4. The van der Waals surface area contributed by atoms with Crippen molar-refractivity contribution in [3.05, 3.63) is 121 Å². The van der Waals surface area contributed by atoms with Crippen molar-refractivity contribution in [1.82, 2.24) is 44.1 Å². The second-order valence-corrected chi connectivity index (χ2v) is 18.8. The number of imidazole rings is 2. The second kappa shape index (κ2) is 20.3. The smallest absolute Gasteiger partial charge is 0.406 e. The van der Waals surface area contributed by atoms with Gasteiger partial charge in [-0.05, 0) is 53.8 Å². The van der Waals surface area contributed by atoms with Crippen LogP contribution in [0.2, 0.25) is 0 Å². The van der Waals surface area contributed by atoms with Crippen LogP contribution in [0.4, 0.5) is 11.6 Å². The SMILES string of the molecule is COc1ccc(C(OC[C@H]2O[C@@H](n3cnc4c(N)ncnc43)C[C@@H]2OP(=O)(NCC2CCCO2)OC[C@H]2O[C@@H](n3cnc4c(N)ncnc43)[C@H](OC)[C@@H]2O)(c2ccccc2)c2ccc(OC)cc2)cc1. The number of methoxy groups -OCH3 is 3. The van der Waals surface area contributed by atoms with E-state index in [1.807, 2.05) is 78.9 Å². The topological polar surface area (TPSA) is 272 Å². The van der Waals surface area contributed by atoms with Crippen LogP contribution in [-0.2, 0) is 42.9 Å². The number of aliphatic hydroxyl groups is 1. The lowest BCUT2D eigenvalue weighted by atomic mass is 9.80. The van der Waals surface area contributed by atoms with Crippen molar-refractivity contribution >= 4 is 41.7 Å². The van der Waals surface area contributed by atoms with Crippen molar-refractivity contribution in [2.75, 3.05) is 59.2 Å². The summed E-state index contributed by atoms with van der Waals surface area (Å²) in [7, 11) is 0.315. The average molecular weight is 980 g/mol. The summed E-state index contributed by atoms with van der Waals surface area (Å²) in [6.45, 7) is 0.223. The molecular weight excluding hydrogens is 926 g/mol. The first-order chi connectivity index (χ1) is 34.1. The maximum atomic E-state index is 15.4. The molecular formula is C47H54N11O11P. The lowest BCUT2D eigenvalue weighted by Gasteiger charge is -2.37. The van der Waals surface area contributed by atoms with Gasteiger partial charge in [0.1, 0.15) is 77.5 Å². The van der Waals surface area contributed by atoms with Crippen LogP contribution in [0, 0.1) is 0 Å². The summed E-state index contributed by atoms with van der Waals surface area (Å²) in [4.78, 5) is 25.8. The molecule has 70 heavy (non-hydrogen) atoms. The molecule has 7 heterocycles. The molecule has 0 bridgehead atoms. The van der Waals surface area contributed by atoms with Crippen molar-refractivity contribution in [3.8, 4) is 11.5 Å². The lowest BCUT2D eigenvalue weighted by Crippen LogP contribution is -2.39. The van der Waals surface area contributed by atoms with E-state index >= 15 is 4.57 Å². The summed E-state index contributed by atoms with van der Waals surface area (Å²) < 4.78 is 75.2. The minimum atomic E-state index is -4.36. The van der Waals surface area contributed by atoms with Crippen LogP contribution >= 0.6 is 7.75 Å². The van der Waals surface area contributed by atoms with Gasteiger partial charge in [0.15, 0.2) is 29.2 Å². The van der Waals surface area contributed by atoms with Crippen LogP contribution in [0.3, 0.4) is 0 Å². The van der Waals surface area contributed by atoms with Crippen molar-refractivity contribution in [3.63, 3.8) is 0 Å². The molecule has 3 fully saturated rings. The Kier molecular flexibility index (Phi) is 13.8. The Morgan fingerprint density at radius 3 is 1.99 bits per heavy atom. The van der Waals surface area contributed by atoms with Gasteiger partial charge >= 0.3 is 7.75 Å². The number of fused-ring (bicyclic) bond motifs is 2. The first-order valence-corrected chi connectivity index (χ1v) is 24.3. The van der Waals surface area contributed by atoms with E-state index in [4.69, 9.17) is 53.7 Å². The number of benzene rings is 3. The predicted octanol–water partition coefficient (Wildman–Crippen LogP) is 4.70. The van der Waals surface area contributed by atoms with Crippen molar-refractivity contribution in [2.45, 2.75) is 73.9 Å². The third-order valence-corrected chi connectivity index (χ3v) is 14.6. The number of anilines is 2. The number of nitrogen functional groups attached to an aromatic ring is 2. The fraction of sp³-hybridized carbons (Fsp3) is 0.404. The number of nitrogens with zero attached hydrogens (tertiary/aromatic N) is 8. The third-order valence-electron chi connectivity index (χ3n) is 13.0. The van der Waals surface area contributed by atoms with Crippen LogP contribution in [0.15, 0.2) is 104 Å².